The maximum absolute atomic E-state index is 12.1. The summed E-state index contributed by atoms with van der Waals surface area (Å²) in [4.78, 5) is 29.7. The number of amides is 2. The number of aromatic nitrogens is 2. The molecule has 1 aliphatic heterocycles. The van der Waals surface area contributed by atoms with Gasteiger partial charge in [-0.3, -0.25) is 9.59 Å². The van der Waals surface area contributed by atoms with Crippen molar-refractivity contribution in [3.63, 3.8) is 0 Å². The van der Waals surface area contributed by atoms with E-state index in [-0.39, 0.29) is 24.5 Å². The number of nitrogens with zero attached hydrogens (tertiary/aromatic N) is 3. The molecule has 0 saturated carbocycles. The number of nitrogens with one attached hydrogen (secondary N) is 1. The van der Waals surface area contributed by atoms with Gasteiger partial charge < -0.3 is 19.5 Å². The SMILES string of the molecule is CCCCc1nc(-c2ccc(OCC(=O)NC3CCN(C(C)=O)CC3)cc2)no1. The molecule has 8 heteroatoms. The van der Waals surface area contributed by atoms with Gasteiger partial charge in [-0.25, -0.2) is 0 Å². The van der Waals surface area contributed by atoms with E-state index < -0.39 is 0 Å². The van der Waals surface area contributed by atoms with Crippen LogP contribution >= 0.6 is 0 Å². The first-order valence-corrected chi connectivity index (χ1v) is 10.2. The number of carbonyl (C=O) groups is 2. The second kappa shape index (κ2) is 10.0. The zero-order valence-electron chi connectivity index (χ0n) is 17.0. The molecule has 2 heterocycles. The molecule has 1 aliphatic rings. The van der Waals surface area contributed by atoms with Crippen LogP contribution < -0.4 is 10.1 Å². The van der Waals surface area contributed by atoms with Gasteiger partial charge in [-0.15, -0.1) is 0 Å². The summed E-state index contributed by atoms with van der Waals surface area (Å²) < 4.78 is 10.8. The molecule has 1 N–H and O–H groups in total. The Kier molecular flexibility index (Phi) is 7.21. The Morgan fingerprint density at radius 3 is 2.62 bits per heavy atom. The van der Waals surface area contributed by atoms with Crippen molar-refractivity contribution in [3.05, 3.63) is 30.2 Å². The molecule has 1 aromatic carbocycles. The monoisotopic (exact) mass is 400 g/mol. The molecule has 1 saturated heterocycles. The van der Waals surface area contributed by atoms with E-state index in [4.69, 9.17) is 9.26 Å². The van der Waals surface area contributed by atoms with Gasteiger partial charge in [0.25, 0.3) is 5.91 Å². The maximum atomic E-state index is 12.1. The van der Waals surface area contributed by atoms with E-state index in [1.807, 2.05) is 12.1 Å². The predicted octanol–water partition coefficient (Wildman–Crippen LogP) is 2.59. The van der Waals surface area contributed by atoms with Crippen LogP contribution in [0.15, 0.2) is 28.8 Å². The lowest BCUT2D eigenvalue weighted by Gasteiger charge is -2.31. The molecule has 0 bridgehead atoms. The van der Waals surface area contributed by atoms with Crippen molar-refractivity contribution in [2.24, 2.45) is 0 Å². The average Bonchev–Trinajstić information content (AvgIpc) is 3.20. The van der Waals surface area contributed by atoms with Crippen molar-refractivity contribution >= 4 is 11.8 Å². The fraction of sp³-hybridized carbons (Fsp3) is 0.524. The van der Waals surface area contributed by atoms with Gasteiger partial charge in [0.2, 0.25) is 17.6 Å². The van der Waals surface area contributed by atoms with Gasteiger partial charge in [0, 0.05) is 38.0 Å². The minimum atomic E-state index is -0.158. The number of rotatable bonds is 8. The Morgan fingerprint density at radius 1 is 1.24 bits per heavy atom. The lowest BCUT2D eigenvalue weighted by Crippen LogP contribution is -2.47. The molecular formula is C21H28N4O4. The predicted molar refractivity (Wildman–Crippen MR) is 107 cm³/mol. The number of hydrogen-bond acceptors (Lipinski definition) is 6. The van der Waals surface area contributed by atoms with Crippen LogP contribution in [-0.4, -0.2) is 52.6 Å². The highest BCUT2D eigenvalue weighted by Gasteiger charge is 2.22. The Bertz CT molecular complexity index is 810. The Hall–Kier alpha value is -2.90. The molecule has 0 spiro atoms. The average molecular weight is 400 g/mol. The normalized spacial score (nSPS) is 14.6. The molecule has 0 aliphatic carbocycles. The molecule has 8 nitrogen and oxygen atoms in total. The highest BCUT2D eigenvalue weighted by molar-refractivity contribution is 5.78. The maximum Gasteiger partial charge on any atom is 0.258 e. The number of carbonyl (C=O) groups excluding carboxylic acids is 2. The van der Waals surface area contributed by atoms with E-state index in [1.54, 1.807) is 24.0 Å². The largest absolute Gasteiger partial charge is 0.484 e. The first-order chi connectivity index (χ1) is 14.0. The summed E-state index contributed by atoms with van der Waals surface area (Å²) in [5.41, 5.74) is 0.838. The van der Waals surface area contributed by atoms with Gasteiger partial charge in [-0.05, 0) is 43.5 Å². The van der Waals surface area contributed by atoms with E-state index >= 15 is 0 Å². The van der Waals surface area contributed by atoms with Gasteiger partial charge in [-0.2, -0.15) is 4.98 Å². The zero-order chi connectivity index (χ0) is 20.6. The molecule has 1 fully saturated rings. The molecule has 156 valence electrons. The van der Waals surface area contributed by atoms with E-state index in [0.717, 1.165) is 37.7 Å². The van der Waals surface area contributed by atoms with Crippen molar-refractivity contribution in [2.75, 3.05) is 19.7 Å². The van der Waals surface area contributed by atoms with Gasteiger partial charge in [0.15, 0.2) is 6.61 Å². The number of ether oxygens (including phenoxy) is 1. The number of benzene rings is 1. The smallest absolute Gasteiger partial charge is 0.258 e. The molecule has 3 rings (SSSR count). The first-order valence-electron chi connectivity index (χ1n) is 10.2. The van der Waals surface area contributed by atoms with Crippen LogP contribution in [0.4, 0.5) is 0 Å². The Balaban J connectivity index is 1.43. The van der Waals surface area contributed by atoms with Gasteiger partial charge in [-0.1, -0.05) is 18.5 Å². The lowest BCUT2D eigenvalue weighted by molar-refractivity contribution is -0.130. The summed E-state index contributed by atoms with van der Waals surface area (Å²) in [7, 11) is 0. The van der Waals surface area contributed by atoms with Crippen LogP contribution in [0.25, 0.3) is 11.4 Å². The number of unbranched alkanes of at least 4 members (excludes halogenated alkanes) is 1. The second-order valence-electron chi connectivity index (χ2n) is 7.28. The number of piperidine rings is 1. The van der Waals surface area contributed by atoms with Crippen molar-refractivity contribution < 1.29 is 18.8 Å². The third-order valence-corrected chi connectivity index (χ3v) is 5.00. The van der Waals surface area contributed by atoms with E-state index in [0.29, 0.717) is 30.6 Å². The standard InChI is InChI=1S/C21H28N4O4/c1-3-4-5-20-23-21(24-29-20)16-6-8-18(9-7-16)28-14-19(27)22-17-10-12-25(13-11-17)15(2)26/h6-9,17H,3-5,10-14H2,1-2H3,(H,22,27). The molecule has 1 aromatic heterocycles. The van der Waals surface area contributed by atoms with Gasteiger partial charge >= 0.3 is 0 Å². The summed E-state index contributed by atoms with van der Waals surface area (Å²) in [5.74, 6) is 1.73. The van der Waals surface area contributed by atoms with Crippen LogP contribution in [0.2, 0.25) is 0 Å². The highest BCUT2D eigenvalue weighted by atomic mass is 16.5. The quantitative estimate of drug-likeness (QED) is 0.731. The van der Waals surface area contributed by atoms with Crippen molar-refractivity contribution in [2.45, 2.75) is 52.0 Å². The van der Waals surface area contributed by atoms with E-state index in [2.05, 4.69) is 22.4 Å². The second-order valence-corrected chi connectivity index (χ2v) is 7.28. The molecule has 29 heavy (non-hydrogen) atoms. The topological polar surface area (TPSA) is 97.6 Å². The summed E-state index contributed by atoms with van der Waals surface area (Å²) in [6.07, 6.45) is 4.42. The van der Waals surface area contributed by atoms with Crippen molar-refractivity contribution in [3.8, 4) is 17.1 Å². The first kappa shape index (κ1) is 20.8. The van der Waals surface area contributed by atoms with Crippen LogP contribution in [0.5, 0.6) is 5.75 Å². The Labute approximate surface area is 170 Å². The van der Waals surface area contributed by atoms with E-state index in [1.165, 1.54) is 0 Å². The van der Waals surface area contributed by atoms with Crippen molar-refractivity contribution in [1.82, 2.24) is 20.4 Å². The summed E-state index contributed by atoms with van der Waals surface area (Å²) in [6.45, 7) is 5.00. The fourth-order valence-corrected chi connectivity index (χ4v) is 3.26. The number of likely N-dealkylation sites (tertiary alicyclic amines) is 1. The van der Waals surface area contributed by atoms with Crippen LogP contribution in [0, 0.1) is 0 Å². The summed E-state index contributed by atoms with van der Waals surface area (Å²) >= 11 is 0. The molecule has 0 atom stereocenters. The highest BCUT2D eigenvalue weighted by Crippen LogP contribution is 2.20. The molecule has 2 amide bonds. The molecular weight excluding hydrogens is 372 g/mol. The third-order valence-electron chi connectivity index (χ3n) is 5.00. The van der Waals surface area contributed by atoms with Crippen molar-refractivity contribution in [1.29, 1.82) is 0 Å². The minimum Gasteiger partial charge on any atom is -0.484 e. The molecule has 0 radical (unpaired) electrons. The minimum absolute atomic E-state index is 0.0460. The number of hydrogen-bond donors (Lipinski definition) is 1. The summed E-state index contributed by atoms with van der Waals surface area (Å²) in [5, 5.41) is 6.98. The lowest BCUT2D eigenvalue weighted by atomic mass is 10.1. The van der Waals surface area contributed by atoms with Crippen LogP contribution in [0.3, 0.4) is 0 Å². The molecule has 0 unspecified atom stereocenters. The van der Waals surface area contributed by atoms with Crippen LogP contribution in [0.1, 0.15) is 45.4 Å². The van der Waals surface area contributed by atoms with Gasteiger partial charge in [0.05, 0.1) is 0 Å². The number of aryl methyl sites for hydroxylation is 1. The van der Waals surface area contributed by atoms with E-state index in [9.17, 15) is 9.59 Å². The fourth-order valence-electron chi connectivity index (χ4n) is 3.26. The zero-order valence-corrected chi connectivity index (χ0v) is 17.0. The van der Waals surface area contributed by atoms with Gasteiger partial charge in [0.1, 0.15) is 5.75 Å². The Morgan fingerprint density at radius 2 is 1.97 bits per heavy atom. The third kappa shape index (κ3) is 6.04. The molecule has 2 aromatic rings. The summed E-state index contributed by atoms with van der Waals surface area (Å²) in [6, 6.07) is 7.36. The van der Waals surface area contributed by atoms with Crippen LogP contribution in [-0.2, 0) is 16.0 Å².